The van der Waals surface area contributed by atoms with Crippen LogP contribution < -0.4 is 48.3 Å². The van der Waals surface area contributed by atoms with Crippen molar-refractivity contribution in [3.8, 4) is 0 Å². The maximum absolute atomic E-state index is 12.8. The van der Waals surface area contributed by atoms with Crippen molar-refractivity contribution < 1.29 is 48.3 Å². The molecule has 127 heavy (non-hydrogen) atoms. The molecule has 3 fully saturated rings. The van der Waals surface area contributed by atoms with Crippen LogP contribution in [0.5, 0.6) is 0 Å². The number of halogens is 4. The van der Waals surface area contributed by atoms with Crippen molar-refractivity contribution in [2.45, 2.75) is 32.1 Å². The molecule has 34 heteroatoms. The highest BCUT2D eigenvalue weighted by Crippen LogP contribution is 2.27. The normalized spacial score (nSPS) is 12.7. The summed E-state index contributed by atoms with van der Waals surface area (Å²) in [5.74, 6) is -0.374. The molecule has 0 aliphatic carbocycles. The highest BCUT2D eigenvalue weighted by atomic mass is 35.5. The van der Waals surface area contributed by atoms with Crippen molar-refractivity contribution in [1.82, 2.24) is 34.6 Å². The standard InChI is InChI=1S/C25H24ClN5O2.C24H22ClN5O3.C24H22ClN5O2.C20H16ClN5O3/c26-19-12-13-22(28-16-19)30-25(33)20-6-2-3-7-21(20)29-24(32)18-10-8-17(9-11-18)23(27)31-14-4-1-5-15-31;25-18-9-10-21(27-15-18)29-24(32)19-3-1-2-4-20(19)28-23(31)17-7-5-16(6-8-17)22(26)30-11-13-33-14-12-30;25-18-11-12-21(27-15-18)29-24(32)19-5-1-2-6-20(19)28-23(31)17-9-7-16(8-10-17)22(26)30-13-3-4-14-30;21-14-9-10-17(23-11-14)25-20(28)15-3-1-2-4-16(15)24-19(27)13-7-5-12(6-8-13)18(22)26-29/h2-3,6-13,16,27H,1,4-5,14-15H2,(H,29,32)(H,28,30,33);1-10,15,26H,11-14H2,(H,28,31)(H,27,29,32);1-2,5-12,15,26H,3-4,13-14H2,(H,28,31)(H,27,29,32);1-11,29H,(H2,22,26)(H,24,27)(H,23,25,28). The van der Waals surface area contributed by atoms with E-state index in [0.717, 1.165) is 68.6 Å². The molecule has 30 nitrogen and oxygen atoms in total. The molecular formula is C93H84Cl4N20O10. The van der Waals surface area contributed by atoms with Gasteiger partial charge in [0.1, 0.15) is 40.8 Å². The number of hydrogen-bond donors (Lipinski definition) is 13. The highest BCUT2D eigenvalue weighted by molar-refractivity contribution is 6.31. The third-order valence-electron chi connectivity index (χ3n) is 19.8. The third kappa shape index (κ3) is 25.8. The SMILES string of the molecule is N=C(c1ccc(C(=O)Nc2ccccc2C(=O)Nc2ccc(Cl)cn2)cc1)N1CCCC1.N=C(c1ccc(C(=O)Nc2ccccc2C(=O)Nc2ccc(Cl)cn2)cc1)N1CCCCC1.N=C(c1ccc(C(=O)Nc2ccccc2C(=O)Nc2ccc(Cl)cn2)cc1)N1CCOCC1.NC(=NO)c1ccc(C(=O)Nc2ccccc2C(=O)Nc2ccc(Cl)cn2)cc1. The monoisotopic (exact) mass is 1780 g/mol. The molecule has 3 aliphatic rings. The molecule has 0 radical (unpaired) electrons. The van der Waals surface area contributed by atoms with Crippen LogP contribution in [0, 0.1) is 16.2 Å². The minimum Gasteiger partial charge on any atom is -0.409 e. The Balaban J connectivity index is 0.000000154. The summed E-state index contributed by atoms with van der Waals surface area (Å²) >= 11 is 23.3. The van der Waals surface area contributed by atoms with Gasteiger partial charge in [-0.2, -0.15) is 0 Å². The van der Waals surface area contributed by atoms with Crippen molar-refractivity contribution in [2.75, 3.05) is 95.0 Å². The van der Waals surface area contributed by atoms with Gasteiger partial charge < -0.3 is 72.9 Å². The van der Waals surface area contributed by atoms with Crippen LogP contribution in [0.15, 0.2) is 273 Å². The molecule has 0 saturated carbocycles. The molecule has 0 unspecified atom stereocenters. The molecule has 8 aromatic carbocycles. The molecule has 3 aliphatic heterocycles. The zero-order valence-corrected chi connectivity index (χ0v) is 70.9. The number of ether oxygens (including phenoxy) is 1. The van der Waals surface area contributed by atoms with Gasteiger partial charge in [-0.05, 0) is 178 Å². The Bertz CT molecular complexity index is 5800. The molecular weight excluding hydrogens is 1700 g/mol. The molecule has 0 bridgehead atoms. The van der Waals surface area contributed by atoms with Gasteiger partial charge in [0.05, 0.1) is 78.3 Å². The highest BCUT2D eigenvalue weighted by Gasteiger charge is 2.24. The summed E-state index contributed by atoms with van der Waals surface area (Å²) in [5.41, 5.74) is 12.6. The molecule has 644 valence electrons. The summed E-state index contributed by atoms with van der Waals surface area (Å²) in [6, 6.07) is 66.6. The topological polar surface area (TPSA) is 433 Å². The number of rotatable bonds is 20. The van der Waals surface area contributed by atoms with Crippen LogP contribution in [0.1, 0.15) is 137 Å². The summed E-state index contributed by atoms with van der Waals surface area (Å²) in [6.07, 6.45) is 11.4. The number of nitrogens with zero attached hydrogens (tertiary/aromatic N) is 8. The Morgan fingerprint density at radius 3 is 0.772 bits per heavy atom. The number of likely N-dealkylation sites (tertiary alicyclic amines) is 2. The van der Waals surface area contributed by atoms with Crippen LogP contribution in [0.2, 0.25) is 20.1 Å². The molecule has 3 saturated heterocycles. The predicted molar refractivity (Wildman–Crippen MR) is 494 cm³/mol. The number of aromatic nitrogens is 4. The molecule has 14 N–H and O–H groups in total. The van der Waals surface area contributed by atoms with E-state index in [-0.39, 0.29) is 29.1 Å². The van der Waals surface area contributed by atoms with E-state index in [4.69, 9.17) is 78.3 Å². The summed E-state index contributed by atoms with van der Waals surface area (Å²) in [7, 11) is 0. The Labute approximate surface area is 749 Å². The maximum Gasteiger partial charge on any atom is 0.258 e. The fourth-order valence-corrected chi connectivity index (χ4v) is 13.5. The first kappa shape index (κ1) is 91.1. The van der Waals surface area contributed by atoms with E-state index >= 15 is 0 Å². The van der Waals surface area contributed by atoms with Crippen LogP contribution in [0.4, 0.5) is 46.0 Å². The number of nitrogens with two attached hydrogens (primary N) is 1. The van der Waals surface area contributed by atoms with E-state index < -0.39 is 29.5 Å². The van der Waals surface area contributed by atoms with Gasteiger partial charge in [0.25, 0.3) is 47.3 Å². The number of nitrogens with one attached hydrogen (secondary N) is 11. The fourth-order valence-electron chi connectivity index (χ4n) is 13.1. The second-order valence-corrected chi connectivity index (χ2v) is 30.2. The number of amides is 8. The first-order valence-electron chi connectivity index (χ1n) is 39.8. The van der Waals surface area contributed by atoms with Crippen LogP contribution in [0.3, 0.4) is 0 Å². The second kappa shape index (κ2) is 44.8. The van der Waals surface area contributed by atoms with Crippen LogP contribution in [0.25, 0.3) is 0 Å². The Hall–Kier alpha value is -15.1. The third-order valence-corrected chi connectivity index (χ3v) is 20.7. The number of carbonyl (C=O) groups is 8. The van der Waals surface area contributed by atoms with Crippen molar-refractivity contribution >= 4 is 163 Å². The minimum atomic E-state index is -0.432. The lowest BCUT2D eigenvalue weighted by atomic mass is 10.1. The van der Waals surface area contributed by atoms with Crippen LogP contribution >= 0.6 is 46.4 Å². The van der Waals surface area contributed by atoms with Crippen LogP contribution in [-0.4, -0.2) is 163 Å². The van der Waals surface area contributed by atoms with E-state index in [1.165, 1.54) is 43.3 Å². The second-order valence-electron chi connectivity index (χ2n) is 28.4. The van der Waals surface area contributed by atoms with Gasteiger partial charge in [0.2, 0.25) is 0 Å². The largest absolute Gasteiger partial charge is 0.409 e. The van der Waals surface area contributed by atoms with Crippen molar-refractivity contribution in [2.24, 2.45) is 10.9 Å². The van der Waals surface area contributed by atoms with Gasteiger partial charge in [-0.15, -0.1) is 0 Å². The minimum absolute atomic E-state index is 0.0604. The fraction of sp³-hybridized carbons (Fsp3) is 0.140. The van der Waals surface area contributed by atoms with E-state index in [2.05, 4.69) is 72.5 Å². The van der Waals surface area contributed by atoms with Crippen molar-refractivity contribution in [1.29, 1.82) is 16.2 Å². The lowest BCUT2D eigenvalue weighted by Crippen LogP contribution is -2.40. The molecule has 7 heterocycles. The number of morpholine rings is 1. The summed E-state index contributed by atoms with van der Waals surface area (Å²) in [5, 5.41) is 60.5. The average Bonchev–Trinajstić information content (AvgIpc) is 1.29. The number of para-hydroxylation sites is 4. The van der Waals surface area contributed by atoms with Gasteiger partial charge in [-0.25, -0.2) is 19.9 Å². The molecule has 15 rings (SSSR count). The van der Waals surface area contributed by atoms with E-state index in [1.54, 1.807) is 231 Å². The number of anilines is 8. The number of hydrogen-bond acceptors (Lipinski definition) is 18. The Morgan fingerprint density at radius 1 is 0.299 bits per heavy atom. The van der Waals surface area contributed by atoms with Crippen molar-refractivity contribution in [3.63, 3.8) is 0 Å². The Kier molecular flexibility index (Phi) is 32.2. The lowest BCUT2D eigenvalue weighted by molar-refractivity contribution is 0.0680. The number of carbonyl (C=O) groups excluding carboxylic acids is 8. The number of benzene rings is 8. The molecule has 0 atom stereocenters. The average molecular weight is 1780 g/mol. The molecule has 12 aromatic rings. The quantitative estimate of drug-likeness (QED) is 0.0146. The predicted octanol–water partition coefficient (Wildman–Crippen LogP) is 16.9. The Morgan fingerprint density at radius 2 is 0.528 bits per heavy atom. The van der Waals surface area contributed by atoms with Crippen LogP contribution in [-0.2, 0) is 4.74 Å². The number of piperidine rings is 1. The molecule has 8 amide bonds. The first-order chi connectivity index (χ1) is 61.5. The smallest absolute Gasteiger partial charge is 0.258 e. The zero-order chi connectivity index (χ0) is 89.7. The van der Waals surface area contributed by atoms with Crippen molar-refractivity contribution in [3.05, 3.63) is 354 Å². The first-order valence-corrected chi connectivity index (χ1v) is 41.3. The van der Waals surface area contributed by atoms with Gasteiger partial charge in [-0.3, -0.25) is 54.6 Å². The summed E-state index contributed by atoms with van der Waals surface area (Å²) < 4.78 is 5.33. The summed E-state index contributed by atoms with van der Waals surface area (Å²) in [4.78, 5) is 124. The number of oxime groups is 1. The number of pyridine rings is 4. The lowest BCUT2D eigenvalue weighted by Gasteiger charge is -2.29. The molecule has 4 aromatic heterocycles. The van der Waals surface area contributed by atoms with E-state index in [1.807, 2.05) is 9.80 Å². The summed E-state index contributed by atoms with van der Waals surface area (Å²) in [6.45, 7) is 6.12. The van der Waals surface area contributed by atoms with E-state index in [0.29, 0.717) is 154 Å². The van der Waals surface area contributed by atoms with E-state index in [9.17, 15) is 38.4 Å². The van der Waals surface area contributed by atoms with Gasteiger partial charge in [0.15, 0.2) is 5.84 Å². The zero-order valence-electron chi connectivity index (χ0n) is 67.9. The maximum atomic E-state index is 12.8. The molecule has 0 spiro atoms. The van der Waals surface area contributed by atoms with Gasteiger partial charge in [0, 0.05) is 109 Å². The van der Waals surface area contributed by atoms with Gasteiger partial charge in [-0.1, -0.05) is 149 Å². The number of amidine groups is 4. The van der Waals surface area contributed by atoms with Gasteiger partial charge >= 0.3 is 0 Å².